The molecule has 3 heterocycles. The van der Waals surface area contributed by atoms with Crippen molar-refractivity contribution in [2.75, 3.05) is 18.0 Å². The molecule has 0 bridgehead atoms. The van der Waals surface area contributed by atoms with Gasteiger partial charge in [-0.3, -0.25) is 14.5 Å². The zero-order valence-corrected chi connectivity index (χ0v) is 16.0. The lowest BCUT2D eigenvalue weighted by Crippen LogP contribution is -2.33. The summed E-state index contributed by atoms with van der Waals surface area (Å²) in [6.07, 6.45) is 3.38. The number of nitrogens with one attached hydrogen (secondary N) is 2. The molecule has 0 saturated carbocycles. The second kappa shape index (κ2) is 7.66. The lowest BCUT2D eigenvalue weighted by molar-refractivity contribution is -0.126. The van der Waals surface area contributed by atoms with E-state index in [1.807, 2.05) is 23.6 Å². The summed E-state index contributed by atoms with van der Waals surface area (Å²) in [6.45, 7) is 0.932. The third-order valence-corrected chi connectivity index (χ3v) is 5.56. The number of aromatic nitrogens is 3. The standard InChI is InChI=1S/C18H18ClN5O2S/c19-12-3-4-13-14(9-12)23-15(22-13)2-1-5-20-17(26)11-8-16(25)24(10-11)18-21-6-7-27-18/h3-4,6-7,9,11H,1-2,5,8,10H2,(H,20,26)(H,22,23). The summed E-state index contributed by atoms with van der Waals surface area (Å²) in [4.78, 5) is 37.9. The Kier molecular flexibility index (Phi) is 5.09. The largest absolute Gasteiger partial charge is 0.356 e. The molecule has 9 heteroatoms. The van der Waals surface area contributed by atoms with Gasteiger partial charge in [-0.05, 0) is 24.6 Å². The van der Waals surface area contributed by atoms with Crippen molar-refractivity contribution in [1.82, 2.24) is 20.3 Å². The number of fused-ring (bicyclic) bond motifs is 1. The number of anilines is 1. The van der Waals surface area contributed by atoms with Gasteiger partial charge in [-0.2, -0.15) is 0 Å². The van der Waals surface area contributed by atoms with Crippen LogP contribution in [0.25, 0.3) is 11.0 Å². The average molecular weight is 404 g/mol. The summed E-state index contributed by atoms with van der Waals surface area (Å²) in [6, 6.07) is 5.54. The highest BCUT2D eigenvalue weighted by molar-refractivity contribution is 7.13. The smallest absolute Gasteiger partial charge is 0.229 e. The molecule has 2 amide bonds. The van der Waals surface area contributed by atoms with Crippen molar-refractivity contribution in [2.45, 2.75) is 19.3 Å². The topological polar surface area (TPSA) is 91.0 Å². The molecule has 4 rings (SSSR count). The van der Waals surface area contributed by atoms with E-state index in [4.69, 9.17) is 11.6 Å². The zero-order chi connectivity index (χ0) is 18.8. The Morgan fingerprint density at radius 1 is 1.44 bits per heavy atom. The van der Waals surface area contributed by atoms with Crippen molar-refractivity contribution in [2.24, 2.45) is 5.92 Å². The van der Waals surface area contributed by atoms with Crippen LogP contribution in [0.2, 0.25) is 5.02 Å². The van der Waals surface area contributed by atoms with Crippen LogP contribution in [0, 0.1) is 5.92 Å². The molecular formula is C18H18ClN5O2S. The van der Waals surface area contributed by atoms with Crippen LogP contribution in [-0.4, -0.2) is 39.9 Å². The molecule has 1 fully saturated rings. The molecule has 1 saturated heterocycles. The molecule has 0 radical (unpaired) electrons. The molecule has 2 N–H and O–H groups in total. The Morgan fingerprint density at radius 2 is 2.33 bits per heavy atom. The van der Waals surface area contributed by atoms with Gasteiger partial charge in [0.1, 0.15) is 5.82 Å². The number of imidazole rings is 1. The fourth-order valence-electron chi connectivity index (χ4n) is 3.18. The Hall–Kier alpha value is -2.45. The molecule has 140 valence electrons. The number of carbonyl (C=O) groups is 2. The fourth-order valence-corrected chi connectivity index (χ4v) is 4.02. The van der Waals surface area contributed by atoms with Crippen molar-refractivity contribution in [3.63, 3.8) is 0 Å². The monoisotopic (exact) mass is 403 g/mol. The molecule has 3 aromatic rings. The number of halogens is 1. The van der Waals surface area contributed by atoms with Gasteiger partial charge in [-0.25, -0.2) is 9.97 Å². The van der Waals surface area contributed by atoms with Gasteiger partial charge >= 0.3 is 0 Å². The minimum absolute atomic E-state index is 0.0500. The Balaban J connectivity index is 1.25. The summed E-state index contributed by atoms with van der Waals surface area (Å²) in [5, 5.41) is 6.07. The normalized spacial score (nSPS) is 17.0. The van der Waals surface area contributed by atoms with Crippen LogP contribution in [-0.2, 0) is 16.0 Å². The third kappa shape index (κ3) is 3.96. The minimum atomic E-state index is -0.324. The summed E-state index contributed by atoms with van der Waals surface area (Å²) >= 11 is 7.38. The maximum absolute atomic E-state index is 12.4. The van der Waals surface area contributed by atoms with Crippen molar-refractivity contribution in [3.8, 4) is 0 Å². The van der Waals surface area contributed by atoms with E-state index in [0.29, 0.717) is 23.2 Å². The number of aromatic amines is 1. The van der Waals surface area contributed by atoms with E-state index in [0.717, 1.165) is 29.7 Å². The summed E-state index contributed by atoms with van der Waals surface area (Å²) in [5.74, 6) is 0.409. The molecule has 1 unspecified atom stereocenters. The van der Waals surface area contributed by atoms with Gasteiger partial charge < -0.3 is 10.3 Å². The van der Waals surface area contributed by atoms with E-state index in [-0.39, 0.29) is 24.2 Å². The maximum Gasteiger partial charge on any atom is 0.229 e. The van der Waals surface area contributed by atoms with Crippen LogP contribution in [0.3, 0.4) is 0 Å². The SMILES string of the molecule is O=C(NCCCc1nc2ccc(Cl)cc2[nH]1)C1CC(=O)N(c2nccs2)C1. The summed E-state index contributed by atoms with van der Waals surface area (Å²) in [5.41, 5.74) is 1.79. The van der Waals surface area contributed by atoms with Gasteiger partial charge in [0.05, 0.1) is 17.0 Å². The lowest BCUT2D eigenvalue weighted by atomic mass is 10.1. The van der Waals surface area contributed by atoms with Gasteiger partial charge in [0.15, 0.2) is 5.13 Å². The number of nitrogens with zero attached hydrogens (tertiary/aromatic N) is 3. The van der Waals surface area contributed by atoms with Gasteiger partial charge in [0, 0.05) is 42.5 Å². The molecule has 7 nitrogen and oxygen atoms in total. The van der Waals surface area contributed by atoms with Crippen LogP contribution in [0.15, 0.2) is 29.8 Å². The second-order valence-corrected chi connectivity index (χ2v) is 7.77. The first-order valence-electron chi connectivity index (χ1n) is 8.72. The summed E-state index contributed by atoms with van der Waals surface area (Å²) in [7, 11) is 0. The zero-order valence-electron chi connectivity index (χ0n) is 14.4. The van der Waals surface area contributed by atoms with E-state index < -0.39 is 0 Å². The Bertz CT molecular complexity index is 971. The number of H-pyrrole nitrogens is 1. The number of benzene rings is 1. The van der Waals surface area contributed by atoms with Crippen LogP contribution >= 0.6 is 22.9 Å². The molecule has 27 heavy (non-hydrogen) atoms. The fraction of sp³-hybridized carbons (Fsp3) is 0.333. The highest BCUT2D eigenvalue weighted by Gasteiger charge is 2.35. The number of thiazole rings is 1. The summed E-state index contributed by atoms with van der Waals surface area (Å²) < 4.78 is 0. The second-order valence-electron chi connectivity index (χ2n) is 6.46. The van der Waals surface area contributed by atoms with E-state index in [1.165, 1.54) is 11.3 Å². The Labute approximate surface area is 164 Å². The van der Waals surface area contributed by atoms with Gasteiger partial charge in [-0.15, -0.1) is 11.3 Å². The van der Waals surface area contributed by atoms with Crippen LogP contribution in [0.5, 0.6) is 0 Å². The van der Waals surface area contributed by atoms with Gasteiger partial charge in [0.25, 0.3) is 0 Å². The minimum Gasteiger partial charge on any atom is -0.356 e. The van der Waals surface area contributed by atoms with E-state index in [2.05, 4.69) is 20.3 Å². The van der Waals surface area contributed by atoms with Crippen molar-refractivity contribution < 1.29 is 9.59 Å². The highest BCUT2D eigenvalue weighted by Crippen LogP contribution is 2.26. The van der Waals surface area contributed by atoms with Crippen molar-refractivity contribution >= 4 is 50.9 Å². The number of hydrogen-bond acceptors (Lipinski definition) is 5. The lowest BCUT2D eigenvalue weighted by Gasteiger charge is -2.13. The van der Waals surface area contributed by atoms with Crippen LogP contribution in [0.4, 0.5) is 5.13 Å². The molecule has 0 spiro atoms. The van der Waals surface area contributed by atoms with Crippen molar-refractivity contribution in [1.29, 1.82) is 0 Å². The average Bonchev–Trinajstić information content (AvgIpc) is 3.37. The highest BCUT2D eigenvalue weighted by atomic mass is 35.5. The van der Waals surface area contributed by atoms with E-state index in [9.17, 15) is 9.59 Å². The predicted octanol–water partition coefficient (Wildman–Crippen LogP) is 2.77. The number of hydrogen-bond donors (Lipinski definition) is 2. The third-order valence-electron chi connectivity index (χ3n) is 4.53. The van der Waals surface area contributed by atoms with Crippen LogP contribution < -0.4 is 10.2 Å². The number of aryl methyl sites for hydroxylation is 1. The molecule has 1 aliphatic rings. The molecule has 1 aliphatic heterocycles. The molecule has 1 atom stereocenters. The van der Waals surface area contributed by atoms with Crippen LogP contribution in [0.1, 0.15) is 18.7 Å². The van der Waals surface area contributed by atoms with Gasteiger partial charge in [-0.1, -0.05) is 11.6 Å². The van der Waals surface area contributed by atoms with E-state index >= 15 is 0 Å². The first kappa shape index (κ1) is 17.9. The molecule has 0 aliphatic carbocycles. The first-order valence-corrected chi connectivity index (χ1v) is 9.97. The van der Waals surface area contributed by atoms with Gasteiger partial charge in [0.2, 0.25) is 11.8 Å². The Morgan fingerprint density at radius 3 is 3.15 bits per heavy atom. The number of rotatable bonds is 6. The predicted molar refractivity (Wildman–Crippen MR) is 105 cm³/mol. The molecule has 2 aromatic heterocycles. The van der Waals surface area contributed by atoms with E-state index in [1.54, 1.807) is 11.1 Å². The quantitative estimate of drug-likeness (QED) is 0.619. The first-order chi connectivity index (χ1) is 13.1. The van der Waals surface area contributed by atoms with Crippen molar-refractivity contribution in [3.05, 3.63) is 40.6 Å². The number of carbonyl (C=O) groups excluding carboxylic acids is 2. The number of amides is 2. The molecule has 1 aromatic carbocycles. The maximum atomic E-state index is 12.4. The molecular weight excluding hydrogens is 386 g/mol.